The number of benzene rings is 2. The summed E-state index contributed by atoms with van der Waals surface area (Å²) in [6.07, 6.45) is 1.91. The van der Waals surface area contributed by atoms with Crippen LogP contribution in [0.25, 0.3) is 0 Å². The van der Waals surface area contributed by atoms with Crippen molar-refractivity contribution in [1.29, 1.82) is 5.26 Å². The van der Waals surface area contributed by atoms with Gasteiger partial charge in [-0.3, -0.25) is 14.6 Å². The molecular weight excluding hydrogens is 741 g/mol. The molecule has 5 atom stereocenters. The van der Waals surface area contributed by atoms with E-state index in [0.29, 0.717) is 53.2 Å². The van der Waals surface area contributed by atoms with E-state index in [1.807, 2.05) is 27.0 Å². The quantitative estimate of drug-likeness (QED) is 0.436. The fourth-order valence-corrected chi connectivity index (χ4v) is 7.45. The number of ether oxygens (including phenoxy) is 4. The van der Waals surface area contributed by atoms with Crippen LogP contribution in [0.1, 0.15) is 65.2 Å². The molecule has 2 aromatic carbocycles. The normalized spacial score (nSPS) is 25.7. The Balaban J connectivity index is 0.00000337. The molecule has 2 N–H and O–H groups in total. The van der Waals surface area contributed by atoms with Gasteiger partial charge in [-0.2, -0.15) is 5.26 Å². The van der Waals surface area contributed by atoms with Crippen molar-refractivity contribution in [2.75, 3.05) is 27.6 Å². The summed E-state index contributed by atoms with van der Waals surface area (Å²) in [5.74, 6) is 1.34. The number of phenolic OH excluding ortho intramolecular Hbond substituents is 2. The summed E-state index contributed by atoms with van der Waals surface area (Å²) < 4.78 is 23.1. The van der Waals surface area contributed by atoms with Gasteiger partial charge in [0.1, 0.15) is 18.4 Å². The molecule has 215 valence electrons. The number of methoxy groups -OCH3 is 1. The minimum absolute atomic E-state index is 0. The third kappa shape index (κ3) is 4.49. The van der Waals surface area contributed by atoms with Gasteiger partial charge in [0.2, 0.25) is 6.79 Å². The van der Waals surface area contributed by atoms with E-state index >= 15 is 0 Å². The fraction of sp³-hybridized carbons (Fsp3) is 0.533. The smallest absolute Gasteiger partial charge is 0.305 e. The van der Waals surface area contributed by atoms with E-state index in [1.165, 1.54) is 0 Å². The molecule has 2 bridgehead atoms. The molecule has 41 heavy (non-hydrogen) atoms. The predicted molar refractivity (Wildman–Crippen MR) is 144 cm³/mol. The third-order valence-electron chi connectivity index (χ3n) is 9.15. The van der Waals surface area contributed by atoms with Gasteiger partial charge in [-0.15, -0.1) is 0 Å². The van der Waals surface area contributed by atoms with E-state index in [9.17, 15) is 20.3 Å². The Labute approximate surface area is 275 Å². The topological polar surface area (TPSA) is 125 Å². The van der Waals surface area contributed by atoms with E-state index in [1.54, 1.807) is 14.0 Å². The number of rotatable bonds is 5. The van der Waals surface area contributed by atoms with E-state index in [2.05, 4.69) is 15.9 Å². The molecule has 6 rings (SSSR count). The number of carbonyl (C=O) groups is 1. The summed E-state index contributed by atoms with van der Waals surface area (Å²) in [4.78, 5) is 16.9. The number of fused-ring (bicyclic) bond motifs is 9. The number of hydrogen-bond donors (Lipinski definition) is 2. The molecule has 10 nitrogen and oxygen atoms in total. The maximum atomic E-state index is 12.6. The van der Waals surface area contributed by atoms with Crippen LogP contribution in [0, 0.1) is 69.2 Å². The Morgan fingerprint density at radius 1 is 1.15 bits per heavy atom. The summed E-state index contributed by atoms with van der Waals surface area (Å²) >= 11 is 0. The molecule has 2 aromatic rings. The van der Waals surface area contributed by atoms with E-state index in [-0.39, 0.29) is 99.5 Å². The second-order valence-electron chi connectivity index (χ2n) is 11.2. The van der Waals surface area contributed by atoms with Gasteiger partial charge in [0.25, 0.3) is 0 Å². The molecule has 11 heteroatoms. The minimum atomic E-state index is -0.559. The largest absolute Gasteiger partial charge is 0.507 e. The van der Waals surface area contributed by atoms with Crippen molar-refractivity contribution in [2.45, 2.75) is 76.7 Å². The first-order valence-electron chi connectivity index (χ1n) is 13.8. The van der Waals surface area contributed by atoms with Crippen molar-refractivity contribution < 1.29 is 78.0 Å². The van der Waals surface area contributed by atoms with Crippen LogP contribution in [0.2, 0.25) is 0 Å². The second kappa shape index (κ2) is 11.4. The number of esters is 1. The molecule has 0 spiro atoms. The Hall–Kier alpha value is -2.24. The van der Waals surface area contributed by atoms with Crippen LogP contribution in [-0.4, -0.2) is 71.7 Å². The number of piperazine rings is 1. The van der Waals surface area contributed by atoms with E-state index in [4.69, 9.17) is 18.9 Å². The molecule has 4 heterocycles. The Bertz CT molecular complexity index is 1440. The average molecular weight is 777 g/mol. The summed E-state index contributed by atoms with van der Waals surface area (Å²) in [5.41, 5.74) is 4.58. The Kier molecular flexibility index (Phi) is 8.44. The zero-order valence-electron chi connectivity index (χ0n) is 24.1. The van der Waals surface area contributed by atoms with Crippen LogP contribution in [0.15, 0.2) is 6.07 Å². The van der Waals surface area contributed by atoms with Crippen LogP contribution < -0.4 is 14.2 Å². The van der Waals surface area contributed by atoms with Gasteiger partial charge in [0, 0.05) is 84.8 Å². The van der Waals surface area contributed by atoms with Gasteiger partial charge in [-0.1, -0.05) is 13.0 Å². The van der Waals surface area contributed by atoms with Crippen LogP contribution in [0.5, 0.6) is 28.7 Å². The average Bonchev–Trinajstić information content (AvgIpc) is 3.41. The van der Waals surface area contributed by atoms with Gasteiger partial charge in [0.15, 0.2) is 23.0 Å². The minimum Gasteiger partial charge on any atom is -0.507 e. The standard InChI is InChI=1S/C30H35N3O7.Ac/c1-6-7-22(34)38-12-21-24-17(26(35)15(3)29-30(24)40-13-39-29)10-19-25-23-16(8-14(2)28(37-5)27(23)36)9-18(32(25)4)20(11-31)33(19)21;/h8,18-21,25,35-36H,6-7,9-10,12-13H2,1-5H3;/t18-,19?,20-,21-,25-;/m0./s1. The SMILES string of the molecule is CCCC(=O)OC[C@H]1c2c(c(O)c(C)c3c2OCO3)CC2[C@H]3c4c(cc(C)c(OC)c4O)C[C@@H]([C@H](C#N)N21)N3C.[Ac]. The third-order valence-corrected chi connectivity index (χ3v) is 9.15. The van der Waals surface area contributed by atoms with E-state index < -0.39 is 12.1 Å². The number of phenols is 2. The monoisotopic (exact) mass is 776 g/mol. The van der Waals surface area contributed by atoms with Crippen molar-refractivity contribution in [3.05, 3.63) is 39.4 Å². The maximum absolute atomic E-state index is 12.6. The molecule has 1 saturated heterocycles. The van der Waals surface area contributed by atoms with E-state index in [0.717, 1.165) is 16.7 Å². The van der Waals surface area contributed by atoms with Crippen LogP contribution >= 0.6 is 0 Å². The Morgan fingerprint density at radius 2 is 1.88 bits per heavy atom. The molecular formula is C30H35AcN3O7. The molecule has 0 saturated carbocycles. The number of aryl methyl sites for hydroxylation is 1. The second-order valence-corrected chi connectivity index (χ2v) is 11.2. The summed E-state index contributed by atoms with van der Waals surface area (Å²) in [5, 5.41) is 33.6. The first kappa shape index (κ1) is 30.2. The molecule has 1 fully saturated rings. The molecule has 0 aromatic heterocycles. The predicted octanol–water partition coefficient (Wildman–Crippen LogP) is 3.57. The van der Waals surface area contributed by atoms with Crippen molar-refractivity contribution in [3.8, 4) is 34.8 Å². The Morgan fingerprint density at radius 3 is 2.56 bits per heavy atom. The van der Waals surface area contributed by atoms with Crippen molar-refractivity contribution in [2.24, 2.45) is 0 Å². The molecule has 1 unspecified atom stereocenters. The van der Waals surface area contributed by atoms with Gasteiger partial charge in [-0.25, -0.2) is 0 Å². The van der Waals surface area contributed by atoms with Crippen LogP contribution in [0.4, 0.5) is 0 Å². The van der Waals surface area contributed by atoms with Gasteiger partial charge < -0.3 is 29.2 Å². The van der Waals surface area contributed by atoms with Gasteiger partial charge in [0.05, 0.1) is 25.3 Å². The first-order valence-corrected chi connectivity index (χ1v) is 13.8. The first-order chi connectivity index (χ1) is 19.2. The zero-order valence-corrected chi connectivity index (χ0v) is 28.8. The molecule has 4 aliphatic rings. The summed E-state index contributed by atoms with van der Waals surface area (Å²) in [7, 11) is 3.53. The number of aromatic hydroxyl groups is 2. The molecule has 0 aliphatic carbocycles. The fourth-order valence-electron chi connectivity index (χ4n) is 7.45. The van der Waals surface area contributed by atoms with Crippen molar-refractivity contribution >= 4 is 5.97 Å². The molecule has 1 radical (unpaired) electrons. The number of carbonyl (C=O) groups excluding carboxylic acids is 1. The van der Waals surface area contributed by atoms with Gasteiger partial charge >= 0.3 is 5.97 Å². The number of likely N-dealkylation sites (N-methyl/N-ethyl adjacent to an activating group) is 1. The van der Waals surface area contributed by atoms with Crippen LogP contribution in [-0.2, 0) is 22.4 Å². The van der Waals surface area contributed by atoms with Crippen molar-refractivity contribution in [3.63, 3.8) is 0 Å². The maximum Gasteiger partial charge on any atom is 0.305 e. The molecule has 0 amide bonds. The summed E-state index contributed by atoms with van der Waals surface area (Å²) in [6, 6.07) is 2.70. The van der Waals surface area contributed by atoms with Crippen molar-refractivity contribution in [1.82, 2.24) is 9.80 Å². The van der Waals surface area contributed by atoms with Gasteiger partial charge in [-0.05, 0) is 51.3 Å². The number of hydrogen-bond acceptors (Lipinski definition) is 10. The molecule has 4 aliphatic heterocycles. The zero-order chi connectivity index (χ0) is 28.5. The summed E-state index contributed by atoms with van der Waals surface area (Å²) in [6.45, 7) is 5.63. The number of nitrogens with zero attached hydrogens (tertiary/aromatic N) is 3. The van der Waals surface area contributed by atoms with Crippen LogP contribution in [0.3, 0.4) is 0 Å². The number of nitriles is 1.